The lowest BCUT2D eigenvalue weighted by Gasteiger charge is -2.16. The second kappa shape index (κ2) is 12.2. The Kier molecular flexibility index (Phi) is 12.5. The Labute approximate surface area is 123 Å². The van der Waals surface area contributed by atoms with Crippen LogP contribution < -0.4 is 5.32 Å². The SMILES string of the molecule is CC.CC.CC(C(=O)Nc1ccccc1)C(=O)N(C)C. The van der Waals surface area contributed by atoms with Crippen molar-refractivity contribution in [2.75, 3.05) is 19.4 Å². The predicted octanol–water partition coefficient (Wildman–Crippen LogP) is 3.40. The lowest BCUT2D eigenvalue weighted by molar-refractivity contribution is -0.137. The number of nitrogens with one attached hydrogen (secondary N) is 1. The molecule has 1 aromatic carbocycles. The molecule has 1 N–H and O–H groups in total. The molecule has 1 atom stereocenters. The Bertz CT molecular complexity index is 375. The van der Waals surface area contributed by atoms with Gasteiger partial charge in [-0.1, -0.05) is 45.9 Å². The molecule has 1 aromatic rings. The topological polar surface area (TPSA) is 49.4 Å². The van der Waals surface area contributed by atoms with Gasteiger partial charge in [-0.3, -0.25) is 9.59 Å². The average molecular weight is 280 g/mol. The molecule has 0 heterocycles. The lowest BCUT2D eigenvalue weighted by Crippen LogP contribution is -2.35. The maximum Gasteiger partial charge on any atom is 0.236 e. The third-order valence-electron chi connectivity index (χ3n) is 2.25. The third kappa shape index (κ3) is 7.56. The highest BCUT2D eigenvalue weighted by atomic mass is 16.2. The predicted molar refractivity (Wildman–Crippen MR) is 85.6 cm³/mol. The normalized spacial score (nSPS) is 9.95. The molecular weight excluding hydrogens is 252 g/mol. The van der Waals surface area contributed by atoms with Gasteiger partial charge in [-0.05, 0) is 19.1 Å². The summed E-state index contributed by atoms with van der Waals surface area (Å²) in [6.45, 7) is 9.60. The highest BCUT2D eigenvalue weighted by Gasteiger charge is 2.22. The number of carbonyl (C=O) groups excluding carboxylic acids is 2. The molecular formula is C16H28N2O2. The summed E-state index contributed by atoms with van der Waals surface area (Å²) in [6.07, 6.45) is 0. The van der Waals surface area contributed by atoms with Gasteiger partial charge in [-0.2, -0.15) is 0 Å². The number of benzene rings is 1. The van der Waals surface area contributed by atoms with Gasteiger partial charge in [0.25, 0.3) is 0 Å². The molecule has 0 aromatic heterocycles. The minimum Gasteiger partial charge on any atom is -0.348 e. The number of hydrogen-bond donors (Lipinski definition) is 1. The first-order chi connectivity index (χ1) is 9.52. The zero-order valence-electron chi connectivity index (χ0n) is 13.7. The second-order valence-corrected chi connectivity index (χ2v) is 3.81. The molecule has 1 unspecified atom stereocenters. The largest absolute Gasteiger partial charge is 0.348 e. The van der Waals surface area contributed by atoms with E-state index in [1.54, 1.807) is 33.2 Å². The molecule has 4 nitrogen and oxygen atoms in total. The summed E-state index contributed by atoms with van der Waals surface area (Å²) in [7, 11) is 3.27. The zero-order valence-corrected chi connectivity index (χ0v) is 13.7. The Morgan fingerprint density at radius 3 is 1.85 bits per heavy atom. The number of amides is 2. The van der Waals surface area contributed by atoms with E-state index in [9.17, 15) is 9.59 Å². The quantitative estimate of drug-likeness (QED) is 0.863. The molecule has 2 amide bonds. The smallest absolute Gasteiger partial charge is 0.236 e. The third-order valence-corrected chi connectivity index (χ3v) is 2.25. The summed E-state index contributed by atoms with van der Waals surface area (Å²) < 4.78 is 0. The Morgan fingerprint density at radius 1 is 1.00 bits per heavy atom. The van der Waals surface area contributed by atoms with Crippen LogP contribution in [-0.2, 0) is 9.59 Å². The van der Waals surface area contributed by atoms with E-state index >= 15 is 0 Å². The molecule has 0 aliphatic rings. The molecule has 1 rings (SSSR count). The molecule has 0 saturated carbocycles. The summed E-state index contributed by atoms with van der Waals surface area (Å²) in [4.78, 5) is 24.7. The fourth-order valence-corrected chi connectivity index (χ4v) is 1.27. The molecule has 114 valence electrons. The van der Waals surface area contributed by atoms with E-state index in [2.05, 4.69) is 5.32 Å². The van der Waals surface area contributed by atoms with Gasteiger partial charge < -0.3 is 10.2 Å². The Balaban J connectivity index is 0. The monoisotopic (exact) mass is 280 g/mol. The van der Waals surface area contributed by atoms with Crippen LogP contribution in [-0.4, -0.2) is 30.8 Å². The van der Waals surface area contributed by atoms with Crippen LogP contribution in [0.5, 0.6) is 0 Å². The molecule has 0 saturated heterocycles. The second-order valence-electron chi connectivity index (χ2n) is 3.81. The van der Waals surface area contributed by atoms with Crippen molar-refractivity contribution in [3.8, 4) is 0 Å². The van der Waals surface area contributed by atoms with Gasteiger partial charge in [0.05, 0.1) is 0 Å². The van der Waals surface area contributed by atoms with Crippen molar-refractivity contribution >= 4 is 17.5 Å². The van der Waals surface area contributed by atoms with Crippen LogP contribution in [0.3, 0.4) is 0 Å². The van der Waals surface area contributed by atoms with E-state index in [0.29, 0.717) is 5.69 Å². The van der Waals surface area contributed by atoms with Crippen molar-refractivity contribution in [3.05, 3.63) is 30.3 Å². The van der Waals surface area contributed by atoms with E-state index in [-0.39, 0.29) is 11.8 Å². The van der Waals surface area contributed by atoms with Crippen LogP contribution in [0.15, 0.2) is 30.3 Å². The Morgan fingerprint density at radius 2 is 1.45 bits per heavy atom. The van der Waals surface area contributed by atoms with Gasteiger partial charge in [0.15, 0.2) is 0 Å². The standard InChI is InChI=1S/C12H16N2O2.2C2H6/c1-9(12(16)14(2)3)11(15)13-10-7-5-4-6-8-10;2*1-2/h4-9H,1-3H3,(H,13,15);2*1-2H3. The van der Waals surface area contributed by atoms with Gasteiger partial charge in [0.1, 0.15) is 5.92 Å². The Hall–Kier alpha value is -1.84. The number of nitrogens with zero attached hydrogens (tertiary/aromatic N) is 1. The van der Waals surface area contributed by atoms with E-state index in [4.69, 9.17) is 0 Å². The van der Waals surface area contributed by atoms with Crippen LogP contribution in [0.25, 0.3) is 0 Å². The average Bonchev–Trinajstić information content (AvgIpc) is 2.50. The summed E-state index contributed by atoms with van der Waals surface area (Å²) >= 11 is 0. The van der Waals surface area contributed by atoms with Crippen molar-refractivity contribution in [1.29, 1.82) is 0 Å². The van der Waals surface area contributed by atoms with Gasteiger partial charge in [-0.15, -0.1) is 0 Å². The zero-order chi connectivity index (χ0) is 16.1. The first-order valence-corrected chi connectivity index (χ1v) is 7.09. The van der Waals surface area contributed by atoms with E-state index in [1.807, 2.05) is 45.9 Å². The van der Waals surface area contributed by atoms with E-state index < -0.39 is 5.92 Å². The minimum absolute atomic E-state index is 0.201. The first kappa shape index (κ1) is 20.5. The van der Waals surface area contributed by atoms with Crippen molar-refractivity contribution in [1.82, 2.24) is 4.90 Å². The van der Waals surface area contributed by atoms with Crippen LogP contribution in [0.1, 0.15) is 34.6 Å². The van der Waals surface area contributed by atoms with Gasteiger partial charge >= 0.3 is 0 Å². The highest BCUT2D eigenvalue weighted by molar-refractivity contribution is 6.05. The maximum atomic E-state index is 11.7. The number of hydrogen-bond acceptors (Lipinski definition) is 2. The number of carbonyl (C=O) groups is 2. The number of rotatable bonds is 3. The fourth-order valence-electron chi connectivity index (χ4n) is 1.27. The van der Waals surface area contributed by atoms with Crippen molar-refractivity contribution in [2.45, 2.75) is 34.6 Å². The number of para-hydroxylation sites is 1. The summed E-state index contributed by atoms with van der Waals surface area (Å²) in [5, 5.41) is 2.69. The maximum absolute atomic E-state index is 11.7. The number of anilines is 1. The summed E-state index contributed by atoms with van der Waals surface area (Å²) in [5.41, 5.74) is 0.700. The molecule has 0 radical (unpaired) electrons. The highest BCUT2D eigenvalue weighted by Crippen LogP contribution is 2.08. The molecule has 0 aliphatic heterocycles. The van der Waals surface area contributed by atoms with Crippen molar-refractivity contribution in [2.24, 2.45) is 5.92 Å². The first-order valence-electron chi connectivity index (χ1n) is 7.09. The van der Waals surface area contributed by atoms with Crippen LogP contribution in [0.2, 0.25) is 0 Å². The molecule has 4 heteroatoms. The molecule has 0 spiro atoms. The van der Waals surface area contributed by atoms with E-state index in [1.165, 1.54) is 4.90 Å². The molecule has 0 bridgehead atoms. The molecule has 0 aliphatic carbocycles. The van der Waals surface area contributed by atoms with Crippen LogP contribution in [0, 0.1) is 5.92 Å². The van der Waals surface area contributed by atoms with E-state index in [0.717, 1.165) is 0 Å². The molecule has 0 fully saturated rings. The van der Waals surface area contributed by atoms with Crippen molar-refractivity contribution < 1.29 is 9.59 Å². The van der Waals surface area contributed by atoms with Gasteiger partial charge in [0.2, 0.25) is 11.8 Å². The van der Waals surface area contributed by atoms with Gasteiger partial charge in [-0.25, -0.2) is 0 Å². The van der Waals surface area contributed by atoms with Gasteiger partial charge in [0, 0.05) is 19.8 Å². The van der Waals surface area contributed by atoms with Crippen molar-refractivity contribution in [3.63, 3.8) is 0 Å². The fraction of sp³-hybridized carbons (Fsp3) is 0.500. The summed E-state index contributed by atoms with van der Waals surface area (Å²) in [5.74, 6) is -1.16. The summed E-state index contributed by atoms with van der Waals surface area (Å²) in [6, 6.07) is 9.08. The minimum atomic E-state index is -0.671. The van der Waals surface area contributed by atoms with Crippen LogP contribution in [0.4, 0.5) is 5.69 Å². The molecule has 20 heavy (non-hydrogen) atoms. The lowest BCUT2D eigenvalue weighted by atomic mass is 10.1. The van der Waals surface area contributed by atoms with Crippen LogP contribution >= 0.6 is 0 Å².